The molecule has 0 fully saturated rings. The quantitative estimate of drug-likeness (QED) is 0.767. The third-order valence-electron chi connectivity index (χ3n) is 3.81. The number of anilines is 2. The Bertz CT molecular complexity index is 927. The van der Waals surface area contributed by atoms with E-state index >= 15 is 0 Å². The molecule has 2 aromatic rings. The summed E-state index contributed by atoms with van der Waals surface area (Å²) in [5.41, 5.74) is 1.77. The molecular weight excluding hydrogens is 387 g/mol. The Labute approximate surface area is 155 Å². The van der Waals surface area contributed by atoms with Gasteiger partial charge in [0.25, 0.3) is 10.0 Å². The lowest BCUT2D eigenvalue weighted by molar-refractivity contribution is -0.141. The van der Waals surface area contributed by atoms with Gasteiger partial charge in [-0.2, -0.15) is 0 Å². The first-order valence-electron chi connectivity index (χ1n) is 7.25. The molecule has 2 aromatic carbocycles. The SMILES string of the molecule is COC(=O)C1CNc2ccc(NS(=O)(=O)c3cc(Cl)cc(Cl)c3)cc21. The summed E-state index contributed by atoms with van der Waals surface area (Å²) in [7, 11) is -2.56. The molecule has 1 aliphatic heterocycles. The number of nitrogens with one attached hydrogen (secondary N) is 2. The number of hydrogen-bond donors (Lipinski definition) is 2. The highest BCUT2D eigenvalue weighted by Crippen LogP contribution is 2.35. The maximum atomic E-state index is 12.5. The number of carbonyl (C=O) groups excluding carboxylic acids is 1. The fourth-order valence-electron chi connectivity index (χ4n) is 2.65. The summed E-state index contributed by atoms with van der Waals surface area (Å²) >= 11 is 11.7. The fraction of sp³-hybridized carbons (Fsp3) is 0.188. The average molecular weight is 401 g/mol. The number of halogens is 2. The van der Waals surface area contributed by atoms with Gasteiger partial charge in [0.05, 0.1) is 12.0 Å². The monoisotopic (exact) mass is 400 g/mol. The third kappa shape index (κ3) is 3.68. The lowest BCUT2D eigenvalue weighted by Gasteiger charge is -2.12. The van der Waals surface area contributed by atoms with Gasteiger partial charge < -0.3 is 10.1 Å². The highest BCUT2D eigenvalue weighted by atomic mass is 35.5. The van der Waals surface area contributed by atoms with Crippen LogP contribution in [-0.2, 0) is 19.6 Å². The largest absolute Gasteiger partial charge is 0.468 e. The van der Waals surface area contributed by atoms with Gasteiger partial charge in [0.1, 0.15) is 5.92 Å². The lowest BCUT2D eigenvalue weighted by atomic mass is 10.0. The number of fused-ring (bicyclic) bond motifs is 1. The van der Waals surface area contributed by atoms with Crippen molar-refractivity contribution in [3.05, 3.63) is 52.0 Å². The summed E-state index contributed by atoms with van der Waals surface area (Å²) in [4.78, 5) is 11.8. The molecule has 9 heteroatoms. The highest BCUT2D eigenvalue weighted by molar-refractivity contribution is 7.92. The van der Waals surface area contributed by atoms with E-state index in [0.29, 0.717) is 17.8 Å². The van der Waals surface area contributed by atoms with Crippen LogP contribution in [0.4, 0.5) is 11.4 Å². The number of ether oxygens (including phenoxy) is 1. The van der Waals surface area contributed by atoms with Crippen LogP contribution < -0.4 is 10.0 Å². The summed E-state index contributed by atoms with van der Waals surface area (Å²) in [6.07, 6.45) is 0. The minimum absolute atomic E-state index is 0.0480. The van der Waals surface area contributed by atoms with E-state index in [0.717, 1.165) is 5.69 Å². The van der Waals surface area contributed by atoms with Gasteiger partial charge >= 0.3 is 5.97 Å². The van der Waals surface area contributed by atoms with Crippen molar-refractivity contribution < 1.29 is 17.9 Å². The zero-order valence-electron chi connectivity index (χ0n) is 13.0. The number of methoxy groups -OCH3 is 1. The average Bonchev–Trinajstić information content (AvgIpc) is 2.96. The van der Waals surface area contributed by atoms with Crippen LogP contribution in [-0.4, -0.2) is 28.0 Å². The summed E-state index contributed by atoms with van der Waals surface area (Å²) in [6, 6.07) is 8.99. The van der Waals surface area contributed by atoms with Crippen molar-refractivity contribution >= 4 is 50.6 Å². The van der Waals surface area contributed by atoms with Crippen molar-refractivity contribution in [2.75, 3.05) is 23.7 Å². The van der Waals surface area contributed by atoms with E-state index in [1.807, 2.05) is 0 Å². The smallest absolute Gasteiger partial charge is 0.315 e. The number of sulfonamides is 1. The van der Waals surface area contributed by atoms with Crippen molar-refractivity contribution in [3.63, 3.8) is 0 Å². The number of esters is 1. The molecular formula is C16H14Cl2N2O4S. The summed E-state index contributed by atoms with van der Waals surface area (Å²) in [5.74, 6) is -0.863. The second-order valence-corrected chi connectivity index (χ2v) is 8.02. The Hall–Kier alpha value is -1.96. The second-order valence-electron chi connectivity index (χ2n) is 5.47. The van der Waals surface area contributed by atoms with Gasteiger partial charge in [-0.3, -0.25) is 9.52 Å². The van der Waals surface area contributed by atoms with Crippen molar-refractivity contribution in [1.82, 2.24) is 0 Å². The standard InChI is InChI=1S/C16H14Cl2N2O4S/c1-24-16(21)14-8-19-15-3-2-11(7-13(14)15)20-25(22,23)12-5-9(17)4-10(18)6-12/h2-7,14,19-20H,8H2,1H3. The first-order chi connectivity index (χ1) is 11.8. The molecule has 0 aliphatic carbocycles. The fourth-order valence-corrected chi connectivity index (χ4v) is 4.42. The normalized spacial score (nSPS) is 16.0. The van der Waals surface area contributed by atoms with E-state index in [2.05, 4.69) is 10.0 Å². The molecule has 0 bridgehead atoms. The molecule has 1 heterocycles. The van der Waals surface area contributed by atoms with Crippen LogP contribution in [0, 0.1) is 0 Å². The molecule has 0 spiro atoms. The predicted molar refractivity (Wildman–Crippen MR) is 97.0 cm³/mol. The Kier molecular flexibility index (Phi) is 4.81. The van der Waals surface area contributed by atoms with Crippen molar-refractivity contribution in [3.8, 4) is 0 Å². The van der Waals surface area contributed by atoms with E-state index in [1.54, 1.807) is 18.2 Å². The van der Waals surface area contributed by atoms with E-state index in [4.69, 9.17) is 27.9 Å². The van der Waals surface area contributed by atoms with Crippen LogP contribution >= 0.6 is 23.2 Å². The van der Waals surface area contributed by atoms with Gasteiger partial charge in [0, 0.05) is 28.0 Å². The van der Waals surface area contributed by atoms with E-state index < -0.39 is 15.9 Å². The lowest BCUT2D eigenvalue weighted by Crippen LogP contribution is -2.16. The van der Waals surface area contributed by atoms with Crippen LogP contribution in [0.2, 0.25) is 10.0 Å². The van der Waals surface area contributed by atoms with Crippen LogP contribution in [0.5, 0.6) is 0 Å². The van der Waals surface area contributed by atoms with E-state index in [-0.39, 0.29) is 20.9 Å². The van der Waals surface area contributed by atoms with Gasteiger partial charge in [-0.05, 0) is 42.0 Å². The molecule has 1 aliphatic rings. The molecule has 6 nitrogen and oxygen atoms in total. The number of carbonyl (C=O) groups is 1. The minimum atomic E-state index is -3.87. The minimum Gasteiger partial charge on any atom is -0.468 e. The molecule has 25 heavy (non-hydrogen) atoms. The first kappa shape index (κ1) is 17.8. The van der Waals surface area contributed by atoms with E-state index in [1.165, 1.54) is 25.3 Å². The zero-order chi connectivity index (χ0) is 18.2. The third-order valence-corrected chi connectivity index (χ3v) is 5.61. The van der Waals surface area contributed by atoms with Gasteiger partial charge in [0.15, 0.2) is 0 Å². The summed E-state index contributed by atoms with van der Waals surface area (Å²) in [6.45, 7) is 0.405. The molecule has 132 valence electrons. The number of benzene rings is 2. The van der Waals surface area contributed by atoms with Crippen LogP contribution in [0.1, 0.15) is 11.5 Å². The van der Waals surface area contributed by atoms with Gasteiger partial charge in [-0.1, -0.05) is 23.2 Å². The van der Waals surface area contributed by atoms with Crippen LogP contribution in [0.3, 0.4) is 0 Å². The van der Waals surface area contributed by atoms with Crippen molar-refractivity contribution in [2.24, 2.45) is 0 Å². The summed E-state index contributed by atoms with van der Waals surface area (Å²) in [5, 5.41) is 3.53. The molecule has 0 aromatic heterocycles. The molecule has 1 atom stereocenters. The van der Waals surface area contributed by atoms with Gasteiger partial charge in [-0.25, -0.2) is 8.42 Å². The van der Waals surface area contributed by atoms with E-state index in [9.17, 15) is 13.2 Å². The topological polar surface area (TPSA) is 84.5 Å². The first-order valence-corrected chi connectivity index (χ1v) is 9.48. The maximum Gasteiger partial charge on any atom is 0.315 e. The number of hydrogen-bond acceptors (Lipinski definition) is 5. The zero-order valence-corrected chi connectivity index (χ0v) is 15.4. The molecule has 0 radical (unpaired) electrons. The summed E-state index contributed by atoms with van der Waals surface area (Å²) < 4.78 is 32.3. The van der Waals surface area contributed by atoms with Crippen LogP contribution in [0.15, 0.2) is 41.3 Å². The Morgan fingerprint density at radius 3 is 2.52 bits per heavy atom. The molecule has 2 N–H and O–H groups in total. The molecule has 0 saturated heterocycles. The highest BCUT2D eigenvalue weighted by Gasteiger charge is 2.30. The Morgan fingerprint density at radius 1 is 1.20 bits per heavy atom. The van der Waals surface area contributed by atoms with Gasteiger partial charge in [0.2, 0.25) is 0 Å². The second kappa shape index (κ2) is 6.74. The predicted octanol–water partition coefficient (Wildman–Crippen LogP) is 3.48. The van der Waals surface area contributed by atoms with Gasteiger partial charge in [-0.15, -0.1) is 0 Å². The van der Waals surface area contributed by atoms with Crippen molar-refractivity contribution in [2.45, 2.75) is 10.8 Å². The molecule has 1 unspecified atom stereocenters. The molecule has 0 saturated carbocycles. The molecule has 0 amide bonds. The van der Waals surface area contributed by atoms with Crippen molar-refractivity contribution in [1.29, 1.82) is 0 Å². The maximum absolute atomic E-state index is 12.5. The molecule has 3 rings (SSSR count). The number of rotatable bonds is 4. The van der Waals surface area contributed by atoms with Crippen LogP contribution in [0.25, 0.3) is 0 Å². The Morgan fingerprint density at radius 2 is 1.88 bits per heavy atom. The Balaban J connectivity index is 1.92.